The summed E-state index contributed by atoms with van der Waals surface area (Å²) in [7, 11) is 1.56. The lowest BCUT2D eigenvalue weighted by Gasteiger charge is -2.14. The van der Waals surface area contributed by atoms with Gasteiger partial charge in [0.2, 0.25) is 0 Å². The molecule has 6 heteroatoms. The summed E-state index contributed by atoms with van der Waals surface area (Å²) in [5.74, 6) is -0.287. The van der Waals surface area contributed by atoms with E-state index < -0.39 is 17.9 Å². The number of ether oxygens (including phenoxy) is 2. The lowest BCUT2D eigenvalue weighted by Crippen LogP contribution is -2.42. The summed E-state index contributed by atoms with van der Waals surface area (Å²) in [5, 5.41) is 11.3. The number of hydrogen-bond acceptors (Lipinski definition) is 4. The lowest BCUT2D eigenvalue weighted by atomic mass is 10.2. The number of carbonyl (C=O) groups excluding carboxylic acids is 1. The van der Waals surface area contributed by atoms with Crippen molar-refractivity contribution in [1.29, 1.82) is 0 Å². The van der Waals surface area contributed by atoms with E-state index in [1.165, 1.54) is 0 Å². The minimum Gasteiger partial charge on any atom is -0.497 e. The van der Waals surface area contributed by atoms with E-state index in [2.05, 4.69) is 5.32 Å². The maximum Gasteiger partial charge on any atom is 0.326 e. The first-order valence-electron chi connectivity index (χ1n) is 6.35. The Hall–Kier alpha value is -2.24. The van der Waals surface area contributed by atoms with E-state index in [4.69, 9.17) is 14.6 Å². The van der Waals surface area contributed by atoms with E-state index in [1.807, 2.05) is 6.92 Å². The molecule has 0 aliphatic heterocycles. The molecule has 0 bridgehead atoms. The van der Waals surface area contributed by atoms with Crippen LogP contribution in [0.4, 0.5) is 0 Å². The van der Waals surface area contributed by atoms with E-state index >= 15 is 0 Å². The third-order valence-corrected chi connectivity index (χ3v) is 2.64. The minimum atomic E-state index is -1.04. The Kier molecular flexibility index (Phi) is 6.36. The predicted octanol–water partition coefficient (Wildman–Crippen LogP) is 1.44. The topological polar surface area (TPSA) is 84.9 Å². The molecular weight excluding hydrogens is 262 g/mol. The Labute approximate surface area is 117 Å². The van der Waals surface area contributed by atoms with Crippen LogP contribution in [-0.2, 0) is 9.59 Å². The number of methoxy groups -OCH3 is 1. The van der Waals surface area contributed by atoms with E-state index in [0.29, 0.717) is 24.3 Å². The summed E-state index contributed by atoms with van der Waals surface area (Å²) >= 11 is 0. The summed E-state index contributed by atoms with van der Waals surface area (Å²) in [4.78, 5) is 22.5. The number of nitrogens with one attached hydrogen (secondary N) is 1. The average Bonchev–Trinajstić information content (AvgIpc) is 2.45. The van der Waals surface area contributed by atoms with Gasteiger partial charge in [0.25, 0.3) is 5.91 Å². The zero-order valence-electron chi connectivity index (χ0n) is 11.6. The molecule has 1 atom stereocenters. The van der Waals surface area contributed by atoms with Gasteiger partial charge >= 0.3 is 5.97 Å². The third-order valence-electron chi connectivity index (χ3n) is 2.64. The highest BCUT2D eigenvalue weighted by Gasteiger charge is 2.18. The number of carboxylic acids is 1. The van der Waals surface area contributed by atoms with Crippen LogP contribution in [0.1, 0.15) is 19.8 Å². The quantitative estimate of drug-likeness (QED) is 0.753. The fraction of sp³-hybridized carbons (Fsp3) is 0.429. The number of aliphatic carboxylic acids is 1. The Bertz CT molecular complexity index is 443. The predicted molar refractivity (Wildman–Crippen MR) is 73.0 cm³/mol. The van der Waals surface area contributed by atoms with E-state index in [1.54, 1.807) is 31.4 Å². The molecule has 0 spiro atoms. The van der Waals surface area contributed by atoms with Crippen LogP contribution in [-0.4, -0.2) is 36.7 Å². The van der Waals surface area contributed by atoms with Gasteiger partial charge in [-0.2, -0.15) is 0 Å². The number of amides is 1. The Morgan fingerprint density at radius 1 is 1.25 bits per heavy atom. The molecule has 0 saturated carbocycles. The first kappa shape index (κ1) is 15.8. The number of carbonyl (C=O) groups is 2. The Balaban J connectivity index is 2.43. The summed E-state index contributed by atoms with van der Waals surface area (Å²) in [6.07, 6.45) is 1.07. The van der Waals surface area contributed by atoms with Crippen molar-refractivity contribution in [3.8, 4) is 11.5 Å². The zero-order valence-corrected chi connectivity index (χ0v) is 11.6. The van der Waals surface area contributed by atoms with Crippen molar-refractivity contribution in [2.75, 3.05) is 13.7 Å². The molecule has 1 aromatic carbocycles. The van der Waals surface area contributed by atoms with E-state index in [9.17, 15) is 9.59 Å². The molecule has 0 aromatic heterocycles. The monoisotopic (exact) mass is 281 g/mol. The van der Waals surface area contributed by atoms with Crippen molar-refractivity contribution in [2.24, 2.45) is 0 Å². The van der Waals surface area contributed by atoms with E-state index in [-0.39, 0.29) is 6.61 Å². The summed E-state index contributed by atoms with van der Waals surface area (Å²) in [6, 6.07) is 5.90. The van der Waals surface area contributed by atoms with Crippen LogP contribution < -0.4 is 14.8 Å². The molecule has 0 aliphatic rings. The molecule has 1 unspecified atom stereocenters. The first-order chi connectivity index (χ1) is 9.56. The fourth-order valence-corrected chi connectivity index (χ4v) is 1.60. The molecule has 6 nitrogen and oxygen atoms in total. The molecule has 110 valence electrons. The highest BCUT2D eigenvalue weighted by molar-refractivity contribution is 5.84. The Morgan fingerprint density at radius 2 is 1.85 bits per heavy atom. The third kappa shape index (κ3) is 5.17. The molecule has 1 rings (SSSR count). The second kappa shape index (κ2) is 8.04. The molecule has 0 heterocycles. The van der Waals surface area contributed by atoms with Crippen LogP contribution in [0.3, 0.4) is 0 Å². The molecule has 0 fully saturated rings. The molecule has 0 saturated heterocycles. The molecular formula is C14H19NO5. The highest BCUT2D eigenvalue weighted by atomic mass is 16.5. The maximum absolute atomic E-state index is 11.6. The van der Waals surface area contributed by atoms with Gasteiger partial charge in [0.15, 0.2) is 6.61 Å². The summed E-state index contributed by atoms with van der Waals surface area (Å²) < 4.78 is 10.3. The van der Waals surface area contributed by atoms with Crippen LogP contribution >= 0.6 is 0 Å². The van der Waals surface area contributed by atoms with Gasteiger partial charge in [0.05, 0.1) is 7.11 Å². The standard InChI is InChI=1S/C14H19NO5/c1-3-4-12(14(17)18)15-13(16)9-20-11-7-5-10(19-2)6-8-11/h5-8,12H,3-4,9H2,1-2H3,(H,15,16)(H,17,18). The van der Waals surface area contributed by atoms with Crippen LogP contribution in [0.25, 0.3) is 0 Å². The van der Waals surface area contributed by atoms with Crippen molar-refractivity contribution in [1.82, 2.24) is 5.32 Å². The minimum absolute atomic E-state index is 0.222. The smallest absolute Gasteiger partial charge is 0.326 e. The van der Waals surface area contributed by atoms with Gasteiger partial charge in [-0.25, -0.2) is 4.79 Å². The number of benzene rings is 1. The van der Waals surface area contributed by atoms with Gasteiger partial charge in [-0.15, -0.1) is 0 Å². The molecule has 0 radical (unpaired) electrons. The molecule has 0 aliphatic carbocycles. The van der Waals surface area contributed by atoms with Gasteiger partial charge in [-0.3, -0.25) is 4.79 Å². The molecule has 20 heavy (non-hydrogen) atoms. The molecule has 1 amide bonds. The molecule has 1 aromatic rings. The number of rotatable bonds is 8. The van der Waals surface area contributed by atoms with Crippen molar-refractivity contribution in [2.45, 2.75) is 25.8 Å². The van der Waals surface area contributed by atoms with Gasteiger partial charge in [0, 0.05) is 0 Å². The van der Waals surface area contributed by atoms with Gasteiger partial charge in [-0.1, -0.05) is 13.3 Å². The Morgan fingerprint density at radius 3 is 2.35 bits per heavy atom. The van der Waals surface area contributed by atoms with Gasteiger partial charge in [0.1, 0.15) is 17.5 Å². The summed E-state index contributed by atoms with van der Waals surface area (Å²) in [5.41, 5.74) is 0. The zero-order chi connectivity index (χ0) is 15.0. The van der Waals surface area contributed by atoms with Gasteiger partial charge < -0.3 is 19.9 Å². The van der Waals surface area contributed by atoms with Crippen molar-refractivity contribution in [3.05, 3.63) is 24.3 Å². The van der Waals surface area contributed by atoms with Crippen molar-refractivity contribution < 1.29 is 24.2 Å². The van der Waals surface area contributed by atoms with Gasteiger partial charge in [-0.05, 0) is 30.7 Å². The number of carboxylic acid groups (broad SMARTS) is 1. The largest absolute Gasteiger partial charge is 0.497 e. The second-order valence-corrected chi connectivity index (χ2v) is 4.21. The maximum atomic E-state index is 11.6. The fourth-order valence-electron chi connectivity index (χ4n) is 1.60. The molecule has 2 N–H and O–H groups in total. The van der Waals surface area contributed by atoms with Crippen LogP contribution in [0.2, 0.25) is 0 Å². The average molecular weight is 281 g/mol. The normalized spacial score (nSPS) is 11.5. The van der Waals surface area contributed by atoms with Crippen LogP contribution in [0, 0.1) is 0 Å². The highest BCUT2D eigenvalue weighted by Crippen LogP contribution is 2.16. The van der Waals surface area contributed by atoms with Crippen molar-refractivity contribution in [3.63, 3.8) is 0 Å². The number of hydrogen-bond donors (Lipinski definition) is 2. The first-order valence-corrected chi connectivity index (χ1v) is 6.35. The SMILES string of the molecule is CCCC(NC(=O)COc1ccc(OC)cc1)C(=O)O. The van der Waals surface area contributed by atoms with Crippen LogP contribution in [0.5, 0.6) is 11.5 Å². The van der Waals surface area contributed by atoms with Crippen molar-refractivity contribution >= 4 is 11.9 Å². The summed E-state index contributed by atoms with van der Waals surface area (Å²) in [6.45, 7) is 1.63. The van der Waals surface area contributed by atoms with E-state index in [0.717, 1.165) is 0 Å². The second-order valence-electron chi connectivity index (χ2n) is 4.21. The van der Waals surface area contributed by atoms with Crippen LogP contribution in [0.15, 0.2) is 24.3 Å². The lowest BCUT2D eigenvalue weighted by molar-refractivity contribution is -0.142.